The summed E-state index contributed by atoms with van der Waals surface area (Å²) in [6.45, 7) is 7.24. The van der Waals surface area contributed by atoms with Crippen molar-refractivity contribution in [3.8, 4) is 11.1 Å². The van der Waals surface area contributed by atoms with Gasteiger partial charge in [-0.1, -0.05) is 41.9 Å². The molecule has 5 aromatic rings. The molecule has 0 radical (unpaired) electrons. The molecule has 7 rings (SSSR count). The number of aromatic nitrogens is 5. The van der Waals surface area contributed by atoms with Gasteiger partial charge in [-0.3, -0.25) is 19.5 Å². The number of likely N-dealkylation sites (tertiary alicyclic amines) is 1. The van der Waals surface area contributed by atoms with Crippen LogP contribution in [0.1, 0.15) is 57.7 Å². The minimum absolute atomic E-state index is 0.304. The van der Waals surface area contributed by atoms with Gasteiger partial charge in [0.2, 0.25) is 0 Å². The molecule has 0 bridgehead atoms. The standard InChI is InChI=1S/C36H37ClN8O3/c1-21-23(15-28-32-27(40-20-41-28)14-22(16-39-32)18-45-13-11-36(2,19-45)35(47)48)6-4-7-24(21)25-8-5-9-26(31(25)37)43-34(46)33-42-29-17-38-12-10-30(29)44(33)3/h4-9,14,16,20,38H,10-13,15,17-19H2,1-3H3,(H,43,46)(H,47,48)/t36-/m1/s1. The van der Waals surface area contributed by atoms with E-state index in [4.69, 9.17) is 16.6 Å². The first-order chi connectivity index (χ1) is 23.1. The van der Waals surface area contributed by atoms with Gasteiger partial charge in [0.1, 0.15) is 11.8 Å². The summed E-state index contributed by atoms with van der Waals surface area (Å²) in [4.78, 5) is 45.6. The number of carboxylic acids is 1. The lowest BCUT2D eigenvalue weighted by Gasteiger charge is -2.20. The highest BCUT2D eigenvalue weighted by atomic mass is 35.5. The van der Waals surface area contributed by atoms with Crippen LogP contribution in [-0.4, -0.2) is 66.0 Å². The first-order valence-corrected chi connectivity index (χ1v) is 16.5. The number of benzene rings is 2. The second kappa shape index (κ2) is 12.7. The second-order valence-corrected chi connectivity index (χ2v) is 13.4. The third kappa shape index (κ3) is 5.93. The first kappa shape index (κ1) is 31.9. The Morgan fingerprint density at radius 1 is 1.12 bits per heavy atom. The SMILES string of the molecule is Cc1c(Cc2ncnc3cc(CN4CC[C@@](C)(C(=O)O)C4)cnc23)cccc1-c1cccc(NC(=O)c2nc3c(n2C)CCNC3)c1Cl. The smallest absolute Gasteiger partial charge is 0.310 e. The van der Waals surface area contributed by atoms with Crippen LogP contribution in [0.5, 0.6) is 0 Å². The molecule has 0 saturated carbocycles. The summed E-state index contributed by atoms with van der Waals surface area (Å²) in [5, 5.41) is 16.3. The highest BCUT2D eigenvalue weighted by Gasteiger charge is 2.40. The van der Waals surface area contributed by atoms with Crippen molar-refractivity contribution in [1.29, 1.82) is 0 Å². The molecular formula is C36H37ClN8O3. The van der Waals surface area contributed by atoms with Crippen molar-refractivity contribution >= 4 is 40.2 Å². The maximum atomic E-state index is 13.3. The van der Waals surface area contributed by atoms with Crippen molar-refractivity contribution in [1.82, 2.24) is 34.7 Å². The van der Waals surface area contributed by atoms with Crippen LogP contribution >= 0.6 is 11.6 Å². The number of carboxylic acid groups (broad SMARTS) is 1. The number of anilines is 1. The van der Waals surface area contributed by atoms with E-state index < -0.39 is 11.4 Å². The summed E-state index contributed by atoms with van der Waals surface area (Å²) >= 11 is 6.97. The third-order valence-corrected chi connectivity index (χ3v) is 10.2. The molecule has 5 heterocycles. The number of amides is 1. The molecule has 0 spiro atoms. The molecule has 1 saturated heterocycles. The lowest BCUT2D eigenvalue weighted by atomic mass is 9.90. The molecule has 3 aromatic heterocycles. The van der Waals surface area contributed by atoms with E-state index in [-0.39, 0.29) is 5.91 Å². The van der Waals surface area contributed by atoms with E-state index in [1.165, 1.54) is 0 Å². The molecule has 48 heavy (non-hydrogen) atoms. The van der Waals surface area contributed by atoms with E-state index in [0.29, 0.717) is 49.0 Å². The summed E-state index contributed by atoms with van der Waals surface area (Å²) in [7, 11) is 1.88. The predicted molar refractivity (Wildman–Crippen MR) is 184 cm³/mol. The van der Waals surface area contributed by atoms with Gasteiger partial charge < -0.3 is 20.3 Å². The Kier molecular flexibility index (Phi) is 8.44. The number of pyridine rings is 1. The molecule has 2 aromatic carbocycles. The topological polar surface area (TPSA) is 138 Å². The van der Waals surface area contributed by atoms with Gasteiger partial charge in [0.05, 0.1) is 33.0 Å². The molecular weight excluding hydrogens is 628 g/mol. The Labute approximate surface area is 283 Å². The van der Waals surface area contributed by atoms with Crippen LogP contribution < -0.4 is 10.6 Å². The zero-order chi connectivity index (χ0) is 33.6. The number of carbonyl (C=O) groups is 2. The molecule has 2 aliphatic rings. The van der Waals surface area contributed by atoms with Crippen LogP contribution in [0.2, 0.25) is 5.02 Å². The van der Waals surface area contributed by atoms with Gasteiger partial charge in [-0.05, 0) is 61.2 Å². The van der Waals surface area contributed by atoms with Gasteiger partial charge in [-0.25, -0.2) is 15.0 Å². The normalized spacial score (nSPS) is 17.8. The largest absolute Gasteiger partial charge is 0.481 e. The number of hydrogen-bond donors (Lipinski definition) is 3. The molecule has 11 nitrogen and oxygen atoms in total. The van der Waals surface area contributed by atoms with Crippen LogP contribution in [0.4, 0.5) is 5.69 Å². The van der Waals surface area contributed by atoms with Gasteiger partial charge in [-0.2, -0.15) is 0 Å². The molecule has 12 heteroatoms. The number of nitrogens with zero attached hydrogens (tertiary/aromatic N) is 6. The maximum Gasteiger partial charge on any atom is 0.310 e. The summed E-state index contributed by atoms with van der Waals surface area (Å²) in [6, 6.07) is 13.8. The lowest BCUT2D eigenvalue weighted by Crippen LogP contribution is -2.31. The van der Waals surface area contributed by atoms with E-state index in [0.717, 1.165) is 75.4 Å². The van der Waals surface area contributed by atoms with Crippen LogP contribution in [0.25, 0.3) is 22.2 Å². The molecule has 0 unspecified atom stereocenters. The van der Waals surface area contributed by atoms with E-state index in [9.17, 15) is 14.7 Å². The minimum atomic E-state index is -0.753. The van der Waals surface area contributed by atoms with Crippen molar-refractivity contribution in [2.75, 3.05) is 25.0 Å². The van der Waals surface area contributed by atoms with Crippen molar-refractivity contribution in [2.45, 2.75) is 46.2 Å². The molecule has 1 amide bonds. The number of halogens is 1. The van der Waals surface area contributed by atoms with Crippen molar-refractivity contribution in [3.63, 3.8) is 0 Å². The number of aliphatic carboxylic acids is 1. The Hall–Kier alpha value is -4.71. The van der Waals surface area contributed by atoms with Crippen LogP contribution in [-0.2, 0) is 37.8 Å². The van der Waals surface area contributed by atoms with E-state index >= 15 is 0 Å². The van der Waals surface area contributed by atoms with Gasteiger partial charge >= 0.3 is 5.97 Å². The van der Waals surface area contributed by atoms with E-state index in [1.807, 2.05) is 48.1 Å². The highest BCUT2D eigenvalue weighted by Crippen LogP contribution is 2.37. The van der Waals surface area contributed by atoms with Crippen LogP contribution in [0.15, 0.2) is 55.0 Å². The number of carbonyl (C=O) groups excluding carboxylic acids is 1. The van der Waals surface area contributed by atoms with E-state index in [2.05, 4.69) is 43.5 Å². The van der Waals surface area contributed by atoms with Crippen molar-refractivity contribution in [2.24, 2.45) is 12.5 Å². The molecule has 1 atom stereocenters. The molecule has 2 aliphatic heterocycles. The van der Waals surface area contributed by atoms with Crippen molar-refractivity contribution < 1.29 is 14.7 Å². The number of hydrogen-bond acceptors (Lipinski definition) is 8. The third-order valence-electron chi connectivity index (χ3n) is 9.75. The Balaban J connectivity index is 1.11. The number of nitrogens with one attached hydrogen (secondary N) is 2. The fourth-order valence-corrected chi connectivity index (χ4v) is 7.17. The van der Waals surface area contributed by atoms with Crippen LogP contribution in [0, 0.1) is 12.3 Å². The van der Waals surface area contributed by atoms with E-state index in [1.54, 1.807) is 19.3 Å². The highest BCUT2D eigenvalue weighted by molar-refractivity contribution is 6.36. The Morgan fingerprint density at radius 2 is 1.94 bits per heavy atom. The number of fused-ring (bicyclic) bond motifs is 2. The molecule has 246 valence electrons. The first-order valence-electron chi connectivity index (χ1n) is 16.1. The molecule has 1 fully saturated rings. The summed E-state index contributed by atoms with van der Waals surface area (Å²) in [5.41, 5.74) is 8.95. The minimum Gasteiger partial charge on any atom is -0.481 e. The zero-order valence-corrected chi connectivity index (χ0v) is 27.9. The fraction of sp³-hybridized carbons (Fsp3) is 0.333. The quantitative estimate of drug-likeness (QED) is 0.205. The monoisotopic (exact) mass is 664 g/mol. The second-order valence-electron chi connectivity index (χ2n) is 13.1. The zero-order valence-electron chi connectivity index (χ0n) is 27.2. The summed E-state index contributed by atoms with van der Waals surface area (Å²) in [6.07, 6.45) is 5.40. The average Bonchev–Trinajstić information content (AvgIpc) is 3.63. The lowest BCUT2D eigenvalue weighted by molar-refractivity contribution is -0.147. The summed E-state index contributed by atoms with van der Waals surface area (Å²) in [5.74, 6) is -0.697. The van der Waals surface area contributed by atoms with Gasteiger partial charge in [0.15, 0.2) is 5.82 Å². The van der Waals surface area contributed by atoms with Gasteiger partial charge in [-0.15, -0.1) is 0 Å². The Morgan fingerprint density at radius 3 is 2.73 bits per heavy atom. The predicted octanol–water partition coefficient (Wildman–Crippen LogP) is 5.17. The van der Waals surface area contributed by atoms with Gasteiger partial charge in [0, 0.05) is 63.5 Å². The molecule has 3 N–H and O–H groups in total. The number of imidazole rings is 1. The van der Waals surface area contributed by atoms with Crippen molar-refractivity contribution in [3.05, 3.63) is 99.6 Å². The molecule has 0 aliphatic carbocycles. The van der Waals surface area contributed by atoms with Gasteiger partial charge in [0.25, 0.3) is 5.91 Å². The fourth-order valence-electron chi connectivity index (χ4n) is 6.90. The average molecular weight is 665 g/mol. The number of rotatable bonds is 8. The summed E-state index contributed by atoms with van der Waals surface area (Å²) < 4.78 is 1.87. The Bertz CT molecular complexity index is 2080. The maximum absolute atomic E-state index is 13.3. The van der Waals surface area contributed by atoms with Crippen LogP contribution in [0.3, 0.4) is 0 Å².